The second-order valence-electron chi connectivity index (χ2n) is 5.30. The second kappa shape index (κ2) is 6.76. The molecule has 124 valence electrons. The fourth-order valence-electron chi connectivity index (χ4n) is 2.27. The molecule has 3 aromatic rings. The number of aryl methyl sites for hydroxylation is 1. The lowest BCUT2D eigenvalue weighted by Gasteiger charge is -2.18. The number of hydrogen-bond acceptors (Lipinski definition) is 4. The maximum atomic E-state index is 12.4. The first-order valence-electron chi connectivity index (χ1n) is 7.27. The third-order valence-electron chi connectivity index (χ3n) is 3.38. The lowest BCUT2D eigenvalue weighted by atomic mass is 10.2. The van der Waals surface area contributed by atoms with Crippen molar-refractivity contribution in [1.82, 2.24) is 19.8 Å². The summed E-state index contributed by atoms with van der Waals surface area (Å²) in [5.74, 6) is 0.703. The third-order valence-corrected chi connectivity index (χ3v) is 3.69. The first-order chi connectivity index (χ1) is 11.5. The number of anilines is 1. The van der Waals surface area contributed by atoms with Crippen LogP contribution in [0.25, 0.3) is 5.69 Å². The number of halogens is 1. The van der Waals surface area contributed by atoms with Crippen LogP contribution in [-0.4, -0.2) is 32.9 Å². The van der Waals surface area contributed by atoms with Gasteiger partial charge in [-0.3, -0.25) is 0 Å². The van der Waals surface area contributed by atoms with Crippen LogP contribution in [0.15, 0.2) is 47.2 Å². The van der Waals surface area contributed by atoms with Crippen LogP contribution in [0.4, 0.5) is 10.5 Å². The summed E-state index contributed by atoms with van der Waals surface area (Å²) in [6, 6.07) is 8.58. The fourth-order valence-corrected chi connectivity index (χ4v) is 2.53. The van der Waals surface area contributed by atoms with Crippen LogP contribution in [0.5, 0.6) is 0 Å². The van der Waals surface area contributed by atoms with Gasteiger partial charge in [-0.2, -0.15) is 5.10 Å². The van der Waals surface area contributed by atoms with Gasteiger partial charge in [-0.1, -0.05) is 22.8 Å². The highest BCUT2D eigenvalue weighted by molar-refractivity contribution is 6.33. The zero-order valence-electron chi connectivity index (χ0n) is 13.2. The molecular formula is C16H16ClN5O2. The van der Waals surface area contributed by atoms with Crippen molar-refractivity contribution in [2.24, 2.45) is 0 Å². The van der Waals surface area contributed by atoms with Crippen molar-refractivity contribution in [3.63, 3.8) is 0 Å². The molecule has 0 spiro atoms. The second-order valence-corrected chi connectivity index (χ2v) is 5.71. The topological polar surface area (TPSA) is 76.2 Å². The Labute approximate surface area is 143 Å². The van der Waals surface area contributed by atoms with Crippen LogP contribution in [0.2, 0.25) is 5.02 Å². The van der Waals surface area contributed by atoms with Crippen molar-refractivity contribution in [2.45, 2.75) is 13.5 Å². The smallest absolute Gasteiger partial charge is 0.322 e. The number of benzene rings is 1. The van der Waals surface area contributed by atoms with Gasteiger partial charge in [0.1, 0.15) is 17.1 Å². The van der Waals surface area contributed by atoms with E-state index in [9.17, 15) is 4.79 Å². The molecule has 1 N–H and O–H groups in total. The van der Waals surface area contributed by atoms with E-state index < -0.39 is 0 Å². The van der Waals surface area contributed by atoms with E-state index in [-0.39, 0.29) is 6.03 Å². The summed E-state index contributed by atoms with van der Waals surface area (Å²) >= 11 is 6.27. The number of hydrogen-bond donors (Lipinski definition) is 1. The summed E-state index contributed by atoms with van der Waals surface area (Å²) in [7, 11) is 1.68. The van der Waals surface area contributed by atoms with E-state index in [1.54, 1.807) is 61.4 Å². The van der Waals surface area contributed by atoms with E-state index in [1.165, 1.54) is 4.90 Å². The SMILES string of the molecule is Cc1cc(CN(C)C(=O)Nc2cccc(Cl)c2-n2cccn2)no1. The Morgan fingerprint density at radius 3 is 2.92 bits per heavy atom. The Morgan fingerprint density at radius 2 is 2.25 bits per heavy atom. The van der Waals surface area contributed by atoms with E-state index in [1.807, 2.05) is 0 Å². The molecule has 0 atom stereocenters. The quantitative estimate of drug-likeness (QED) is 0.785. The zero-order chi connectivity index (χ0) is 17.1. The normalized spacial score (nSPS) is 10.6. The molecule has 0 aliphatic rings. The molecule has 0 radical (unpaired) electrons. The Balaban J connectivity index is 1.78. The average Bonchev–Trinajstić information content (AvgIpc) is 3.19. The fraction of sp³-hybridized carbons (Fsp3) is 0.188. The molecule has 0 saturated heterocycles. The number of carbonyl (C=O) groups is 1. The summed E-state index contributed by atoms with van der Waals surface area (Å²) in [6.07, 6.45) is 3.41. The molecule has 1 aromatic carbocycles. The molecule has 2 aromatic heterocycles. The molecule has 0 unspecified atom stereocenters. The molecule has 3 rings (SSSR count). The molecule has 0 bridgehead atoms. The molecule has 0 fully saturated rings. The van der Waals surface area contributed by atoms with Gasteiger partial charge in [0.2, 0.25) is 0 Å². The van der Waals surface area contributed by atoms with Crippen molar-refractivity contribution in [3.05, 3.63) is 59.2 Å². The van der Waals surface area contributed by atoms with E-state index in [0.717, 1.165) is 0 Å². The molecule has 2 heterocycles. The highest BCUT2D eigenvalue weighted by Crippen LogP contribution is 2.28. The van der Waals surface area contributed by atoms with Gasteiger partial charge in [-0.15, -0.1) is 0 Å². The summed E-state index contributed by atoms with van der Waals surface area (Å²) in [4.78, 5) is 13.9. The molecule has 0 saturated carbocycles. The summed E-state index contributed by atoms with van der Waals surface area (Å²) < 4.78 is 6.62. The Morgan fingerprint density at radius 1 is 1.42 bits per heavy atom. The maximum absolute atomic E-state index is 12.4. The van der Waals surface area contributed by atoms with Gasteiger partial charge in [-0.05, 0) is 25.1 Å². The molecule has 0 aliphatic carbocycles. The minimum Gasteiger partial charge on any atom is -0.361 e. The van der Waals surface area contributed by atoms with Crippen LogP contribution in [0.1, 0.15) is 11.5 Å². The van der Waals surface area contributed by atoms with Crippen molar-refractivity contribution in [3.8, 4) is 5.69 Å². The molecule has 0 aliphatic heterocycles. The van der Waals surface area contributed by atoms with Crippen molar-refractivity contribution in [1.29, 1.82) is 0 Å². The van der Waals surface area contributed by atoms with Gasteiger partial charge in [0.25, 0.3) is 0 Å². The van der Waals surface area contributed by atoms with Crippen LogP contribution in [-0.2, 0) is 6.54 Å². The largest absolute Gasteiger partial charge is 0.361 e. The standard InChI is InChI=1S/C16H16ClN5O2/c1-11-9-12(20-24-11)10-21(2)16(23)19-14-6-3-5-13(17)15(14)22-8-4-7-18-22/h3-9H,10H2,1-2H3,(H,19,23). The summed E-state index contributed by atoms with van der Waals surface area (Å²) in [6.45, 7) is 2.14. The van der Waals surface area contributed by atoms with Crippen LogP contribution in [0.3, 0.4) is 0 Å². The predicted molar refractivity (Wildman–Crippen MR) is 90.3 cm³/mol. The predicted octanol–water partition coefficient (Wildman–Crippen LogP) is 3.49. The minimum absolute atomic E-state index is 0.286. The van der Waals surface area contributed by atoms with Crippen molar-refractivity contribution >= 4 is 23.3 Å². The summed E-state index contributed by atoms with van der Waals surface area (Å²) in [5.41, 5.74) is 1.87. The van der Waals surface area contributed by atoms with E-state index >= 15 is 0 Å². The van der Waals surface area contributed by atoms with E-state index in [4.69, 9.17) is 16.1 Å². The zero-order valence-corrected chi connectivity index (χ0v) is 14.0. The molecule has 8 heteroatoms. The highest BCUT2D eigenvalue weighted by Gasteiger charge is 2.16. The molecule has 7 nitrogen and oxygen atoms in total. The highest BCUT2D eigenvalue weighted by atomic mass is 35.5. The lowest BCUT2D eigenvalue weighted by Crippen LogP contribution is -2.31. The van der Waals surface area contributed by atoms with E-state index in [2.05, 4.69) is 15.6 Å². The monoisotopic (exact) mass is 345 g/mol. The van der Waals surface area contributed by atoms with Crippen molar-refractivity contribution in [2.75, 3.05) is 12.4 Å². The Hall–Kier alpha value is -2.80. The Kier molecular flexibility index (Phi) is 4.52. The molecule has 2 amide bonds. The first-order valence-corrected chi connectivity index (χ1v) is 7.65. The maximum Gasteiger partial charge on any atom is 0.322 e. The van der Waals surface area contributed by atoms with Gasteiger partial charge in [-0.25, -0.2) is 9.48 Å². The number of para-hydroxylation sites is 1. The number of rotatable bonds is 4. The van der Waals surface area contributed by atoms with Gasteiger partial charge in [0.15, 0.2) is 0 Å². The van der Waals surface area contributed by atoms with E-state index in [0.29, 0.717) is 34.4 Å². The number of urea groups is 1. The van der Waals surface area contributed by atoms with Gasteiger partial charge in [0, 0.05) is 25.5 Å². The van der Waals surface area contributed by atoms with Gasteiger partial charge >= 0.3 is 6.03 Å². The first kappa shape index (κ1) is 16.1. The lowest BCUT2D eigenvalue weighted by molar-refractivity contribution is 0.219. The Bertz CT molecular complexity index is 844. The number of nitrogens with zero attached hydrogens (tertiary/aromatic N) is 4. The number of amides is 2. The van der Waals surface area contributed by atoms with Gasteiger partial charge < -0.3 is 14.7 Å². The molecular weight excluding hydrogens is 330 g/mol. The third kappa shape index (κ3) is 3.41. The van der Waals surface area contributed by atoms with Crippen LogP contribution in [0, 0.1) is 6.92 Å². The number of aromatic nitrogens is 3. The van der Waals surface area contributed by atoms with Crippen LogP contribution < -0.4 is 5.32 Å². The van der Waals surface area contributed by atoms with Crippen molar-refractivity contribution < 1.29 is 9.32 Å². The average molecular weight is 346 g/mol. The summed E-state index contributed by atoms with van der Waals surface area (Å²) in [5, 5.41) is 11.4. The van der Waals surface area contributed by atoms with Crippen LogP contribution >= 0.6 is 11.6 Å². The number of carbonyl (C=O) groups excluding carboxylic acids is 1. The van der Waals surface area contributed by atoms with Gasteiger partial charge in [0.05, 0.1) is 17.3 Å². The number of nitrogens with one attached hydrogen (secondary N) is 1. The minimum atomic E-state index is -0.286. The molecule has 24 heavy (non-hydrogen) atoms.